The Morgan fingerprint density at radius 1 is 0.380 bits per heavy atom. The molecule has 0 bridgehead atoms. The molecule has 6 saturated heterocycles. The fourth-order valence-corrected chi connectivity index (χ4v) is 27.6. The SMILES string of the molecule is CC(C)N(CC1CCCN(c2ncnc3ccccc23)C1)S(C)(=O)=O.COc1ccc2ncnc(N3CCCC(CN(C(C)C)S(=O)(=O)c4ccccc4)C3)c2c1.CS(=O)(=O)CCC1CCN(c2ncnc3ccc(F)cc23)CC1.Cc1cc2c(N3CCCC(CS(C)(=O)=O)C3)ncnc2cc1F.Cc1ccc2ncnc(N3CCCC(CS(C)(=O)=O)C3)c2c1.[C-]#[N+]c1cc2ncnc(N3CCCCC3CCS(C)(=O)=O)c2cc1F. The van der Waals surface area contributed by atoms with Gasteiger partial charge in [-0.2, -0.15) is 8.61 Å². The van der Waals surface area contributed by atoms with Crippen LogP contribution in [0.15, 0.2) is 176 Å². The Hall–Kier alpha value is -11.9. The molecule has 43 heteroatoms. The predicted molar refractivity (Wildman–Crippen MR) is 589 cm³/mol. The zero-order valence-electron chi connectivity index (χ0n) is 87.2. The molecule has 0 amide bonds. The molecule has 19 rings (SSSR count). The smallest absolute Gasteiger partial charge is 0.243 e. The summed E-state index contributed by atoms with van der Waals surface area (Å²) < 4.78 is 193. The van der Waals surface area contributed by atoms with Crippen molar-refractivity contribution in [2.75, 3.05) is 176 Å². The first-order valence-corrected chi connectivity index (χ1v) is 62.4. The molecule has 34 nitrogen and oxygen atoms in total. The maximum atomic E-state index is 14.1. The van der Waals surface area contributed by atoms with E-state index in [1.807, 2.05) is 88.4 Å². The molecule has 5 unspecified atom stereocenters. The van der Waals surface area contributed by atoms with Gasteiger partial charge in [0, 0.05) is 167 Å². The zero-order chi connectivity index (χ0) is 108. The minimum Gasteiger partial charge on any atom is -0.497 e. The van der Waals surface area contributed by atoms with Crippen molar-refractivity contribution in [3.05, 3.63) is 211 Å². The van der Waals surface area contributed by atoms with Crippen molar-refractivity contribution in [2.45, 2.75) is 161 Å². The molecule has 0 N–H and O–H groups in total. The summed E-state index contributed by atoms with van der Waals surface area (Å²) in [4.78, 5) is 68.7. The summed E-state index contributed by atoms with van der Waals surface area (Å²) in [6, 6.07) is 39.0. The highest BCUT2D eigenvalue weighted by atomic mass is 32.2. The van der Waals surface area contributed by atoms with E-state index in [0.29, 0.717) is 77.0 Å². The van der Waals surface area contributed by atoms with Crippen LogP contribution in [0.2, 0.25) is 0 Å². The lowest BCUT2D eigenvalue weighted by molar-refractivity contribution is 0.275. The number of hydrogen-bond acceptors (Lipinski definition) is 31. The van der Waals surface area contributed by atoms with E-state index in [-0.39, 0.29) is 76.2 Å². The van der Waals surface area contributed by atoms with Crippen molar-refractivity contribution in [1.82, 2.24) is 68.4 Å². The van der Waals surface area contributed by atoms with E-state index < -0.39 is 65.2 Å². The molecular formula is C107H136F3N21O13S6. The van der Waals surface area contributed by atoms with Crippen LogP contribution in [0.4, 0.5) is 53.8 Å². The molecule has 804 valence electrons. The van der Waals surface area contributed by atoms with E-state index in [1.54, 1.807) is 78.0 Å². The van der Waals surface area contributed by atoms with Gasteiger partial charge >= 0.3 is 0 Å². The van der Waals surface area contributed by atoms with Crippen LogP contribution in [0.25, 0.3) is 70.3 Å². The van der Waals surface area contributed by atoms with Crippen LogP contribution in [0.5, 0.6) is 5.75 Å². The van der Waals surface area contributed by atoms with Crippen LogP contribution < -0.4 is 34.1 Å². The number of benzene rings is 7. The molecule has 0 aliphatic carbocycles. The lowest BCUT2D eigenvalue weighted by atomic mass is 9.94. The van der Waals surface area contributed by atoms with Gasteiger partial charge < -0.3 is 34.1 Å². The summed E-state index contributed by atoms with van der Waals surface area (Å²) in [5, 5.41) is 5.13. The Morgan fingerprint density at radius 2 is 0.807 bits per heavy atom. The van der Waals surface area contributed by atoms with E-state index in [0.717, 1.165) is 233 Å². The number of halogens is 3. The lowest BCUT2D eigenvalue weighted by Gasteiger charge is -2.37. The van der Waals surface area contributed by atoms with Crippen molar-refractivity contribution in [3.8, 4) is 5.75 Å². The molecule has 0 radical (unpaired) electrons. The van der Waals surface area contributed by atoms with Crippen molar-refractivity contribution in [2.24, 2.45) is 29.6 Å². The second-order valence-electron chi connectivity index (χ2n) is 40.8. The normalized spacial score (nSPS) is 18.3. The second-order valence-corrected chi connectivity index (χ2v) is 53.6. The summed E-state index contributed by atoms with van der Waals surface area (Å²) in [5.74, 6) is 6.51. The molecule has 150 heavy (non-hydrogen) atoms. The summed E-state index contributed by atoms with van der Waals surface area (Å²) in [6.45, 7) is 28.5. The monoisotopic (exact) mass is 2170 g/mol. The number of hydrogen-bond donors (Lipinski definition) is 0. The maximum Gasteiger partial charge on any atom is 0.243 e. The standard InChI is InChI=1S/C24H30N4O3S.C18H26N4O2S.C17H19FN4O2S.2C16H20FN3O2S.C16H21N3O2S/c1-18(2)28(32(29,30)21-9-5-4-6-10-21)16-19-8-7-13-27(15-19)24-22-14-20(31-3)11-12-23(22)25-17-26-24;1-14(2)22(25(3,23)24)12-15-7-6-10-21(11-15)18-16-8-4-5-9-17(16)19-13-20-18;1-19-16-10-15-13(9-14(16)18)17(21-11-20-15)22-7-4-3-5-12(22)6-8-25(2,23)24;1-11-6-13-15(7-14(11)17)18-10-19-16(13)20-5-3-4-12(8-20)9-23(2,21)22;1-23(21,22)9-6-12-4-7-20(8-5-12)16-14-10-13(17)2-3-15(14)18-11-19-16;1-12-5-6-15-14(8-12)16(18-11-17-15)19-7-3-4-13(9-19)10-22(2,20)21/h4-6,9-12,14,17-19H,7-8,13,15-16H2,1-3H3;4-5,8-9,13-15H,6-7,10-12H2,1-3H3;9-12H,3-8H2,2H3;6-7,10,12H,3-5,8-9H2,1-2H3;2-3,10-12H,4-9H2,1H3;5-6,8,11,13H,3-4,7,9-10H2,1-2H3. The molecule has 7 aromatic carbocycles. The largest absolute Gasteiger partial charge is 0.497 e. The number of nitrogens with zero attached hydrogens (tertiary/aromatic N) is 21. The van der Waals surface area contributed by atoms with Crippen LogP contribution in [0.3, 0.4) is 0 Å². The van der Waals surface area contributed by atoms with E-state index in [9.17, 15) is 63.7 Å². The first kappa shape index (κ1) is 114. The number of sulfonamides is 2. The van der Waals surface area contributed by atoms with Gasteiger partial charge in [0.15, 0.2) is 0 Å². The number of aromatic nitrogens is 12. The van der Waals surface area contributed by atoms with Gasteiger partial charge in [-0.25, -0.2) is 128 Å². The lowest BCUT2D eigenvalue weighted by Crippen LogP contribution is -2.45. The maximum absolute atomic E-state index is 14.1. The van der Waals surface area contributed by atoms with Gasteiger partial charge in [-0.15, -0.1) is 0 Å². The summed E-state index contributed by atoms with van der Waals surface area (Å²) in [7, 11) is -17.0. The van der Waals surface area contributed by atoms with Gasteiger partial charge in [0.1, 0.15) is 135 Å². The molecule has 6 fully saturated rings. The summed E-state index contributed by atoms with van der Waals surface area (Å²) in [5.41, 5.74) is 6.23. The van der Waals surface area contributed by atoms with E-state index in [4.69, 9.17) is 11.3 Å². The summed E-state index contributed by atoms with van der Waals surface area (Å²) >= 11 is 0. The summed E-state index contributed by atoms with van der Waals surface area (Å²) in [6.07, 6.45) is 29.4. The third kappa shape index (κ3) is 31.0. The topological polar surface area (TPSA) is 399 Å². The Kier molecular flexibility index (Phi) is 38.3. The number of para-hydroxylation sites is 1. The fraction of sp³-hybridized carbons (Fsp3) is 0.486. The molecular weight excluding hydrogens is 2040 g/mol. The highest BCUT2D eigenvalue weighted by Gasteiger charge is 2.36. The van der Waals surface area contributed by atoms with Gasteiger partial charge in [-0.1, -0.05) is 42.0 Å². The van der Waals surface area contributed by atoms with Gasteiger partial charge in [-0.05, 0) is 264 Å². The van der Waals surface area contributed by atoms with Gasteiger partial charge in [-0.3, -0.25) is 0 Å². The average Bonchev–Trinajstić information content (AvgIpc) is 0.743. The number of ether oxygens (including phenoxy) is 1. The minimum absolute atomic E-state index is 0.0229. The van der Waals surface area contributed by atoms with Crippen LogP contribution >= 0.6 is 0 Å². The molecule has 6 aliphatic rings. The van der Waals surface area contributed by atoms with Crippen molar-refractivity contribution >= 4 is 165 Å². The third-order valence-electron chi connectivity index (χ3n) is 28.1. The second kappa shape index (κ2) is 50.6. The van der Waals surface area contributed by atoms with E-state index in [2.05, 4.69) is 107 Å². The van der Waals surface area contributed by atoms with Crippen LogP contribution in [-0.4, -0.2) is 284 Å². The van der Waals surface area contributed by atoms with Crippen molar-refractivity contribution < 1.29 is 68.4 Å². The first-order chi connectivity index (χ1) is 71.3. The Balaban J connectivity index is 0.000000142. The molecule has 0 spiro atoms. The fourth-order valence-electron chi connectivity index (χ4n) is 20.9. The van der Waals surface area contributed by atoms with Gasteiger partial charge in [0.25, 0.3) is 0 Å². The number of methoxy groups -OCH3 is 1. The Labute approximate surface area is 879 Å². The van der Waals surface area contributed by atoms with Crippen molar-refractivity contribution in [1.29, 1.82) is 0 Å². The molecule has 5 atom stereocenters. The van der Waals surface area contributed by atoms with Crippen molar-refractivity contribution in [3.63, 3.8) is 0 Å². The van der Waals surface area contributed by atoms with Gasteiger partial charge in [0.05, 0.1) is 80.9 Å². The minimum atomic E-state index is -3.55. The zero-order valence-corrected chi connectivity index (χ0v) is 92.1. The quantitative estimate of drug-likeness (QED) is 0.0454. The number of sulfone groups is 4. The molecule has 6 aliphatic heterocycles. The molecule has 13 aromatic rings. The van der Waals surface area contributed by atoms with Crippen LogP contribution in [0.1, 0.15) is 135 Å². The molecule has 0 saturated carbocycles. The number of anilines is 6. The molecule has 12 heterocycles. The number of rotatable bonds is 26. The number of piperidine rings is 6. The molecule has 6 aromatic heterocycles. The van der Waals surface area contributed by atoms with E-state index in [1.165, 1.54) is 86.2 Å². The first-order valence-electron chi connectivity index (χ1n) is 50.9. The Bertz CT molecular complexity index is 7680. The van der Waals surface area contributed by atoms with Crippen LogP contribution in [0, 0.1) is 67.5 Å². The third-order valence-corrected chi connectivity index (χ3v) is 35.7. The highest BCUT2D eigenvalue weighted by Crippen LogP contribution is 2.40. The number of fused-ring (bicyclic) bond motifs is 6. The van der Waals surface area contributed by atoms with E-state index >= 15 is 0 Å². The Morgan fingerprint density at radius 3 is 1.31 bits per heavy atom. The van der Waals surface area contributed by atoms with Crippen LogP contribution in [-0.2, 0) is 59.4 Å². The predicted octanol–water partition coefficient (Wildman–Crippen LogP) is 16.5. The number of aryl methyl sites for hydroxylation is 2. The average molecular weight is 2170 g/mol. The highest BCUT2D eigenvalue weighted by molar-refractivity contribution is 7.91. The van der Waals surface area contributed by atoms with Gasteiger partial charge in [0.2, 0.25) is 25.7 Å².